The second-order valence-corrected chi connectivity index (χ2v) is 8.00. The van der Waals surface area contributed by atoms with E-state index in [4.69, 9.17) is 9.52 Å². The molecule has 0 atom stereocenters. The van der Waals surface area contributed by atoms with E-state index in [0.29, 0.717) is 0 Å². The van der Waals surface area contributed by atoms with Gasteiger partial charge in [0.25, 0.3) is 0 Å². The van der Waals surface area contributed by atoms with Crippen molar-refractivity contribution in [2.45, 2.75) is 26.9 Å². The number of piperazine rings is 1. The van der Waals surface area contributed by atoms with E-state index in [1.807, 2.05) is 10.7 Å². The Bertz CT molecular complexity index is 943. The van der Waals surface area contributed by atoms with Gasteiger partial charge in [-0.3, -0.25) is 4.90 Å². The highest BCUT2D eigenvalue weighted by Gasteiger charge is 2.25. The molecule has 1 aliphatic rings. The van der Waals surface area contributed by atoms with Crippen molar-refractivity contribution in [3.05, 3.63) is 65.5 Å². The van der Waals surface area contributed by atoms with E-state index in [0.717, 1.165) is 63.0 Å². The summed E-state index contributed by atoms with van der Waals surface area (Å²) in [5.74, 6) is 0.888. The quantitative estimate of drug-likeness (QED) is 0.593. The highest BCUT2D eigenvalue weighted by atomic mass is 19.1. The van der Waals surface area contributed by atoms with Crippen LogP contribution in [0.1, 0.15) is 23.7 Å². The summed E-state index contributed by atoms with van der Waals surface area (Å²) in [7, 11) is 2.16. The molecule has 6 nitrogen and oxygen atoms in total. The molecule has 1 aromatic carbocycles. The molecule has 3 aromatic rings. The highest BCUT2D eigenvalue weighted by molar-refractivity contribution is 5.55. The van der Waals surface area contributed by atoms with Gasteiger partial charge in [0.2, 0.25) is 0 Å². The minimum Gasteiger partial charge on any atom is -0.472 e. The Balaban J connectivity index is 1.70. The molecule has 1 saturated heterocycles. The molecule has 1 fully saturated rings. The Hall–Kier alpha value is -2.64. The number of furan rings is 1. The van der Waals surface area contributed by atoms with Crippen LogP contribution in [0.4, 0.5) is 10.2 Å². The predicted molar refractivity (Wildman–Crippen MR) is 116 cm³/mol. The van der Waals surface area contributed by atoms with Gasteiger partial charge in [-0.15, -0.1) is 0 Å². The fourth-order valence-corrected chi connectivity index (χ4v) is 3.98. The van der Waals surface area contributed by atoms with Crippen LogP contribution in [0.2, 0.25) is 0 Å². The third-order valence-electron chi connectivity index (χ3n) is 5.85. The fourth-order valence-electron chi connectivity index (χ4n) is 3.98. The Kier molecular flexibility index (Phi) is 6.20. The maximum atomic E-state index is 13.5. The molecule has 0 bridgehead atoms. The first-order valence-corrected chi connectivity index (χ1v) is 10.6. The van der Waals surface area contributed by atoms with Crippen LogP contribution >= 0.6 is 0 Å². The van der Waals surface area contributed by atoms with Gasteiger partial charge in [-0.1, -0.05) is 6.92 Å². The van der Waals surface area contributed by atoms with E-state index in [9.17, 15) is 4.39 Å². The van der Waals surface area contributed by atoms with E-state index in [2.05, 4.69) is 35.6 Å². The summed E-state index contributed by atoms with van der Waals surface area (Å²) < 4.78 is 20.8. The lowest BCUT2D eigenvalue weighted by atomic mass is 10.1. The van der Waals surface area contributed by atoms with Gasteiger partial charge in [-0.05, 0) is 50.8 Å². The van der Waals surface area contributed by atoms with Crippen LogP contribution in [-0.4, -0.2) is 59.4 Å². The number of hydrogen-bond acceptors (Lipinski definition) is 5. The first kappa shape index (κ1) is 20.6. The summed E-state index contributed by atoms with van der Waals surface area (Å²) in [4.78, 5) is 7.16. The summed E-state index contributed by atoms with van der Waals surface area (Å²) in [5, 5.41) is 4.88. The van der Waals surface area contributed by atoms with Gasteiger partial charge < -0.3 is 14.2 Å². The molecule has 7 heteroatoms. The van der Waals surface area contributed by atoms with Crippen molar-refractivity contribution in [2.75, 3.05) is 44.7 Å². The van der Waals surface area contributed by atoms with E-state index in [-0.39, 0.29) is 5.82 Å². The van der Waals surface area contributed by atoms with Gasteiger partial charge in [0.05, 0.1) is 23.9 Å². The maximum Gasteiger partial charge on any atom is 0.137 e. The molecular weight excluding hydrogens is 381 g/mol. The van der Waals surface area contributed by atoms with Gasteiger partial charge in [-0.25, -0.2) is 9.07 Å². The molecule has 4 rings (SSSR count). The van der Waals surface area contributed by atoms with Gasteiger partial charge in [0, 0.05) is 50.4 Å². The Morgan fingerprint density at radius 3 is 2.43 bits per heavy atom. The molecule has 0 unspecified atom stereocenters. The van der Waals surface area contributed by atoms with Crippen molar-refractivity contribution in [1.82, 2.24) is 19.6 Å². The summed E-state index contributed by atoms with van der Waals surface area (Å²) in [6.07, 6.45) is 3.52. The number of halogens is 1. The largest absolute Gasteiger partial charge is 0.472 e. The molecule has 30 heavy (non-hydrogen) atoms. The molecule has 2 aromatic heterocycles. The lowest BCUT2D eigenvalue weighted by molar-refractivity contribution is 0.269. The van der Waals surface area contributed by atoms with E-state index >= 15 is 0 Å². The first-order valence-electron chi connectivity index (χ1n) is 10.6. The monoisotopic (exact) mass is 411 g/mol. The number of rotatable bonds is 7. The summed E-state index contributed by atoms with van der Waals surface area (Å²) in [6, 6.07) is 8.61. The maximum absolute atomic E-state index is 13.5. The van der Waals surface area contributed by atoms with Crippen LogP contribution in [0.15, 0.2) is 47.3 Å². The van der Waals surface area contributed by atoms with Crippen molar-refractivity contribution >= 4 is 5.82 Å². The van der Waals surface area contributed by atoms with E-state index in [1.54, 1.807) is 24.7 Å². The predicted octanol–water partition coefficient (Wildman–Crippen LogP) is 3.69. The molecule has 0 aliphatic carbocycles. The van der Waals surface area contributed by atoms with Crippen LogP contribution < -0.4 is 4.90 Å². The highest BCUT2D eigenvalue weighted by Crippen LogP contribution is 2.30. The molecule has 0 N–H and O–H groups in total. The lowest BCUT2D eigenvalue weighted by Crippen LogP contribution is -2.45. The molecule has 0 saturated carbocycles. The number of nitrogens with zero attached hydrogens (tertiary/aromatic N) is 5. The number of aryl methyl sites for hydroxylation is 1. The number of aromatic nitrogens is 2. The van der Waals surface area contributed by atoms with Crippen LogP contribution in [0, 0.1) is 12.7 Å². The summed E-state index contributed by atoms with van der Waals surface area (Å²) in [6.45, 7) is 10.7. The minimum atomic E-state index is -0.235. The first-order chi connectivity index (χ1) is 14.5. The Labute approximate surface area is 177 Å². The van der Waals surface area contributed by atoms with Crippen molar-refractivity contribution in [3.63, 3.8) is 0 Å². The molecule has 1 aliphatic heterocycles. The second-order valence-electron chi connectivity index (χ2n) is 8.00. The zero-order valence-electron chi connectivity index (χ0n) is 18.0. The molecule has 0 spiro atoms. The standard InChI is InChI=1S/C23H30FN5O/c1-4-27(15-19-9-14-30-17-19)16-22-18(2)25-29(21-7-5-20(24)6-8-21)23(22)28-12-10-26(3)11-13-28/h5-9,14,17H,4,10-13,15-16H2,1-3H3. The van der Waals surface area contributed by atoms with Crippen molar-refractivity contribution in [2.24, 2.45) is 0 Å². The molecule has 0 radical (unpaired) electrons. The molecular formula is C23H30FN5O. The SMILES string of the molecule is CCN(Cc1ccoc1)Cc1c(C)nn(-c2ccc(F)cc2)c1N1CCN(C)CC1. The normalized spacial score (nSPS) is 15.3. The van der Waals surface area contributed by atoms with E-state index < -0.39 is 0 Å². The van der Waals surface area contributed by atoms with Crippen LogP contribution in [0.25, 0.3) is 5.69 Å². The lowest BCUT2D eigenvalue weighted by Gasteiger charge is -2.35. The number of benzene rings is 1. The van der Waals surface area contributed by atoms with Crippen LogP contribution in [0.3, 0.4) is 0 Å². The summed E-state index contributed by atoms with van der Waals surface area (Å²) >= 11 is 0. The molecule has 0 amide bonds. The van der Waals surface area contributed by atoms with Crippen LogP contribution in [0.5, 0.6) is 0 Å². The van der Waals surface area contributed by atoms with Crippen molar-refractivity contribution in [3.8, 4) is 5.69 Å². The zero-order chi connectivity index (χ0) is 21.1. The number of anilines is 1. The summed E-state index contributed by atoms with van der Waals surface area (Å²) in [5.41, 5.74) is 4.30. The number of hydrogen-bond donors (Lipinski definition) is 0. The fraction of sp³-hybridized carbons (Fsp3) is 0.435. The third kappa shape index (κ3) is 4.42. The Morgan fingerprint density at radius 1 is 1.07 bits per heavy atom. The molecule has 160 valence electrons. The van der Waals surface area contributed by atoms with Gasteiger partial charge in [-0.2, -0.15) is 5.10 Å². The topological polar surface area (TPSA) is 40.7 Å². The van der Waals surface area contributed by atoms with Crippen LogP contribution in [-0.2, 0) is 13.1 Å². The van der Waals surface area contributed by atoms with E-state index in [1.165, 1.54) is 23.3 Å². The number of likely N-dealkylation sites (N-methyl/N-ethyl adjacent to an activating group) is 1. The second kappa shape index (κ2) is 9.02. The van der Waals surface area contributed by atoms with Crippen molar-refractivity contribution < 1.29 is 8.81 Å². The average molecular weight is 412 g/mol. The van der Waals surface area contributed by atoms with Gasteiger partial charge >= 0.3 is 0 Å². The van der Waals surface area contributed by atoms with Gasteiger partial charge in [0.15, 0.2) is 0 Å². The average Bonchev–Trinajstić information content (AvgIpc) is 3.37. The van der Waals surface area contributed by atoms with Gasteiger partial charge in [0.1, 0.15) is 11.6 Å². The minimum absolute atomic E-state index is 0.235. The zero-order valence-corrected chi connectivity index (χ0v) is 18.0. The molecule has 3 heterocycles. The Morgan fingerprint density at radius 2 is 1.80 bits per heavy atom. The smallest absolute Gasteiger partial charge is 0.137 e. The third-order valence-corrected chi connectivity index (χ3v) is 5.85. The van der Waals surface area contributed by atoms with Crippen molar-refractivity contribution in [1.29, 1.82) is 0 Å².